The molecule has 186 valence electrons. The van der Waals surface area contributed by atoms with Gasteiger partial charge in [0.15, 0.2) is 0 Å². The van der Waals surface area contributed by atoms with Gasteiger partial charge in [-0.15, -0.1) is 0 Å². The van der Waals surface area contributed by atoms with Crippen LogP contribution in [0.25, 0.3) is 11.1 Å². The van der Waals surface area contributed by atoms with Crippen LogP contribution in [0.5, 0.6) is 0 Å². The molecular formula is C27H20N2O8. The van der Waals surface area contributed by atoms with Gasteiger partial charge in [-0.2, -0.15) is 0 Å². The summed E-state index contributed by atoms with van der Waals surface area (Å²) < 4.78 is 5.37. The standard InChI is InChI=1S/C27H20N2O8/c30-23(31)13-22(26(34)37-29-24(32)19-11-5-6-12-20(19)25(29)33)28-27(35)36-14-21-17-9-3-1-7-15(17)16-8-2-4-10-18(16)21/h1-12,21-22H,13-14H2,(H,28,35)(H,30,31)/t22-/m0/s1. The monoisotopic (exact) mass is 500 g/mol. The summed E-state index contributed by atoms with van der Waals surface area (Å²) in [5, 5.41) is 11.7. The molecule has 5 rings (SSSR count). The second-order valence-electron chi connectivity index (χ2n) is 8.48. The van der Waals surface area contributed by atoms with E-state index in [1.165, 1.54) is 12.1 Å². The van der Waals surface area contributed by atoms with Crippen LogP contribution < -0.4 is 5.32 Å². The van der Waals surface area contributed by atoms with Gasteiger partial charge in [-0.25, -0.2) is 9.59 Å². The summed E-state index contributed by atoms with van der Waals surface area (Å²) >= 11 is 0. The number of carbonyl (C=O) groups excluding carboxylic acids is 4. The number of carboxylic acids is 1. The zero-order valence-corrected chi connectivity index (χ0v) is 19.2. The van der Waals surface area contributed by atoms with E-state index < -0.39 is 42.3 Å². The van der Waals surface area contributed by atoms with Crippen molar-refractivity contribution in [2.24, 2.45) is 0 Å². The van der Waals surface area contributed by atoms with Crippen LogP contribution in [0, 0.1) is 0 Å². The highest BCUT2D eigenvalue weighted by atomic mass is 16.7. The number of aliphatic carboxylic acids is 1. The molecule has 0 spiro atoms. The molecule has 10 nitrogen and oxygen atoms in total. The molecule has 1 atom stereocenters. The molecule has 0 bridgehead atoms. The molecule has 0 unspecified atom stereocenters. The number of rotatable bonds is 7. The molecule has 3 aromatic carbocycles. The summed E-state index contributed by atoms with van der Waals surface area (Å²) in [6, 6.07) is 19.6. The largest absolute Gasteiger partial charge is 0.481 e. The van der Waals surface area contributed by atoms with Crippen LogP contribution in [0.2, 0.25) is 0 Å². The molecule has 1 aliphatic heterocycles. The number of benzene rings is 3. The lowest BCUT2D eigenvalue weighted by atomic mass is 9.98. The van der Waals surface area contributed by atoms with Crippen LogP contribution >= 0.6 is 0 Å². The topological polar surface area (TPSA) is 139 Å². The first-order valence-corrected chi connectivity index (χ1v) is 11.4. The summed E-state index contributed by atoms with van der Waals surface area (Å²) in [5.74, 6) is -4.71. The third kappa shape index (κ3) is 4.40. The maximum Gasteiger partial charge on any atom is 0.407 e. The van der Waals surface area contributed by atoms with Gasteiger partial charge in [0, 0.05) is 5.92 Å². The lowest BCUT2D eigenvalue weighted by Gasteiger charge is -2.20. The van der Waals surface area contributed by atoms with Gasteiger partial charge in [-0.3, -0.25) is 14.4 Å². The maximum absolute atomic E-state index is 12.7. The number of fused-ring (bicyclic) bond motifs is 4. The average Bonchev–Trinajstić information content (AvgIpc) is 3.34. The number of nitrogens with one attached hydrogen (secondary N) is 1. The Bertz CT molecular complexity index is 1370. The van der Waals surface area contributed by atoms with E-state index in [2.05, 4.69) is 5.32 Å². The van der Waals surface area contributed by atoms with Crippen molar-refractivity contribution in [3.8, 4) is 11.1 Å². The molecule has 1 heterocycles. The average molecular weight is 500 g/mol. The lowest BCUT2D eigenvalue weighted by Crippen LogP contribution is -2.46. The number of carboxylic acid groups (broad SMARTS) is 1. The first kappa shape index (κ1) is 23.7. The number of carbonyl (C=O) groups is 5. The van der Waals surface area contributed by atoms with Gasteiger partial charge >= 0.3 is 18.0 Å². The summed E-state index contributed by atoms with van der Waals surface area (Å²) in [6.07, 6.45) is -1.90. The number of hydroxylamine groups is 2. The smallest absolute Gasteiger partial charge is 0.407 e. The molecule has 0 radical (unpaired) electrons. The number of hydrogen-bond donors (Lipinski definition) is 2. The minimum atomic E-state index is -1.71. The van der Waals surface area contributed by atoms with Crippen molar-refractivity contribution in [1.82, 2.24) is 10.4 Å². The van der Waals surface area contributed by atoms with Crippen molar-refractivity contribution >= 4 is 29.8 Å². The molecule has 10 heteroatoms. The predicted octanol–water partition coefficient (Wildman–Crippen LogP) is 3.12. The van der Waals surface area contributed by atoms with Crippen molar-refractivity contribution in [2.75, 3.05) is 6.61 Å². The summed E-state index contributed by atoms with van der Waals surface area (Å²) in [7, 11) is 0. The van der Waals surface area contributed by atoms with Crippen molar-refractivity contribution in [2.45, 2.75) is 18.4 Å². The molecule has 2 N–H and O–H groups in total. The first-order chi connectivity index (χ1) is 17.8. The van der Waals surface area contributed by atoms with Gasteiger partial charge in [0.2, 0.25) is 0 Å². The zero-order chi connectivity index (χ0) is 26.1. The quantitative estimate of drug-likeness (QED) is 0.472. The molecule has 0 fully saturated rings. The Morgan fingerprint density at radius 3 is 1.81 bits per heavy atom. The highest BCUT2D eigenvalue weighted by Crippen LogP contribution is 2.44. The Morgan fingerprint density at radius 1 is 0.811 bits per heavy atom. The van der Waals surface area contributed by atoms with Gasteiger partial charge in [0.05, 0.1) is 17.5 Å². The third-order valence-corrected chi connectivity index (χ3v) is 6.24. The van der Waals surface area contributed by atoms with Crippen molar-refractivity contribution in [3.63, 3.8) is 0 Å². The lowest BCUT2D eigenvalue weighted by molar-refractivity contribution is -0.172. The van der Waals surface area contributed by atoms with E-state index in [4.69, 9.17) is 9.57 Å². The summed E-state index contributed by atoms with van der Waals surface area (Å²) in [4.78, 5) is 66.5. The number of nitrogens with zero attached hydrogens (tertiary/aromatic N) is 1. The van der Waals surface area contributed by atoms with Crippen molar-refractivity contribution in [3.05, 3.63) is 95.1 Å². The van der Waals surface area contributed by atoms with Gasteiger partial charge in [0.25, 0.3) is 11.8 Å². The minimum absolute atomic E-state index is 0.0413. The Balaban J connectivity index is 1.26. The molecular weight excluding hydrogens is 480 g/mol. The highest BCUT2D eigenvalue weighted by molar-refractivity contribution is 6.21. The fourth-order valence-electron chi connectivity index (χ4n) is 4.55. The molecule has 37 heavy (non-hydrogen) atoms. The van der Waals surface area contributed by atoms with E-state index in [-0.39, 0.29) is 28.7 Å². The van der Waals surface area contributed by atoms with Crippen LogP contribution in [0.15, 0.2) is 72.8 Å². The van der Waals surface area contributed by atoms with Crippen LogP contribution in [0.1, 0.15) is 44.2 Å². The molecule has 0 saturated heterocycles. The molecule has 1 aliphatic carbocycles. The Labute approximate surface area is 210 Å². The maximum atomic E-state index is 12.7. The fourth-order valence-corrected chi connectivity index (χ4v) is 4.55. The fraction of sp³-hybridized carbons (Fsp3) is 0.148. The van der Waals surface area contributed by atoms with E-state index in [1.807, 2.05) is 48.5 Å². The molecule has 0 aromatic heterocycles. The molecule has 0 saturated carbocycles. The van der Waals surface area contributed by atoms with E-state index in [9.17, 15) is 29.1 Å². The van der Waals surface area contributed by atoms with Crippen LogP contribution in [0.3, 0.4) is 0 Å². The number of ether oxygens (including phenoxy) is 1. The van der Waals surface area contributed by atoms with Crippen LogP contribution in [-0.4, -0.2) is 52.7 Å². The highest BCUT2D eigenvalue weighted by Gasteiger charge is 2.40. The summed E-state index contributed by atoms with van der Waals surface area (Å²) in [6.45, 7) is -0.0624. The van der Waals surface area contributed by atoms with Crippen molar-refractivity contribution < 1.29 is 38.7 Å². The number of hydrogen-bond acceptors (Lipinski definition) is 7. The Kier molecular flexibility index (Phi) is 6.14. The predicted molar refractivity (Wildman–Crippen MR) is 127 cm³/mol. The van der Waals surface area contributed by atoms with Gasteiger partial charge in [-0.1, -0.05) is 65.7 Å². The van der Waals surface area contributed by atoms with Gasteiger partial charge in [0.1, 0.15) is 12.6 Å². The van der Waals surface area contributed by atoms with Crippen LogP contribution in [-0.2, 0) is 19.2 Å². The first-order valence-electron chi connectivity index (χ1n) is 11.4. The Hall–Kier alpha value is -4.99. The van der Waals surface area contributed by atoms with E-state index in [0.29, 0.717) is 0 Å². The SMILES string of the molecule is O=C(O)C[C@H](NC(=O)OCC1c2ccccc2-c2ccccc21)C(=O)ON1C(=O)c2ccccc2C1=O. The second kappa shape index (κ2) is 9.57. The number of imide groups is 1. The molecule has 2 aliphatic rings. The zero-order valence-electron chi connectivity index (χ0n) is 19.2. The van der Waals surface area contributed by atoms with Gasteiger partial charge in [-0.05, 0) is 34.4 Å². The molecule has 3 amide bonds. The van der Waals surface area contributed by atoms with E-state index >= 15 is 0 Å². The van der Waals surface area contributed by atoms with Crippen molar-refractivity contribution in [1.29, 1.82) is 0 Å². The second-order valence-corrected chi connectivity index (χ2v) is 8.48. The van der Waals surface area contributed by atoms with E-state index in [0.717, 1.165) is 22.3 Å². The van der Waals surface area contributed by atoms with Crippen LogP contribution in [0.4, 0.5) is 4.79 Å². The third-order valence-electron chi connectivity index (χ3n) is 6.24. The Morgan fingerprint density at radius 2 is 1.30 bits per heavy atom. The number of alkyl carbamates (subject to hydrolysis) is 1. The van der Waals surface area contributed by atoms with Gasteiger partial charge < -0.3 is 20.0 Å². The normalized spacial score (nSPS) is 14.4. The molecule has 3 aromatic rings. The summed E-state index contributed by atoms with van der Waals surface area (Å²) in [5.41, 5.74) is 4.09. The number of amides is 3. The minimum Gasteiger partial charge on any atom is -0.481 e. The van der Waals surface area contributed by atoms with E-state index in [1.54, 1.807) is 12.1 Å².